The third-order valence-corrected chi connectivity index (χ3v) is 6.54. The summed E-state index contributed by atoms with van der Waals surface area (Å²) in [7, 11) is 2.09. The first-order chi connectivity index (χ1) is 10.3. The molecule has 2 aliphatic rings. The van der Waals surface area contributed by atoms with E-state index in [0.29, 0.717) is 17.3 Å². The van der Waals surface area contributed by atoms with Gasteiger partial charge in [0.2, 0.25) is 5.16 Å². The van der Waals surface area contributed by atoms with Gasteiger partial charge in [0.05, 0.1) is 6.04 Å². The lowest BCUT2D eigenvalue weighted by Crippen LogP contribution is -2.40. The number of rotatable bonds is 5. The van der Waals surface area contributed by atoms with Gasteiger partial charge >= 0.3 is 0 Å². The van der Waals surface area contributed by atoms with Crippen molar-refractivity contribution in [1.29, 1.82) is 0 Å². The van der Waals surface area contributed by atoms with Crippen LogP contribution >= 0.6 is 11.8 Å². The summed E-state index contributed by atoms with van der Waals surface area (Å²) in [6, 6.07) is 1.12. The Morgan fingerprint density at radius 1 is 1.24 bits per heavy atom. The molecule has 0 spiro atoms. The second-order valence-corrected chi connectivity index (χ2v) is 7.69. The zero-order chi connectivity index (χ0) is 14.7. The zero-order valence-electron chi connectivity index (χ0n) is 13.2. The predicted octanol–water partition coefficient (Wildman–Crippen LogP) is 3.05. The smallest absolute Gasteiger partial charge is 0.209 e. The molecule has 1 N–H and O–H groups in total. The molecule has 0 aliphatic heterocycles. The van der Waals surface area contributed by atoms with E-state index >= 15 is 0 Å². The molecule has 6 heteroatoms. The van der Waals surface area contributed by atoms with Crippen molar-refractivity contribution in [3.63, 3.8) is 0 Å². The van der Waals surface area contributed by atoms with E-state index in [1.807, 2.05) is 11.8 Å². The number of nitrogens with one attached hydrogen (secondary N) is 1. The Balaban J connectivity index is 1.70. The van der Waals surface area contributed by atoms with Crippen LogP contribution in [0.15, 0.2) is 5.16 Å². The van der Waals surface area contributed by atoms with Crippen molar-refractivity contribution in [2.45, 2.75) is 80.8 Å². The van der Waals surface area contributed by atoms with E-state index in [2.05, 4.69) is 39.5 Å². The van der Waals surface area contributed by atoms with Gasteiger partial charge in [0, 0.05) is 11.3 Å². The van der Waals surface area contributed by atoms with Crippen LogP contribution in [0.1, 0.15) is 64.3 Å². The van der Waals surface area contributed by atoms with Gasteiger partial charge in [-0.3, -0.25) is 0 Å². The lowest BCUT2D eigenvalue weighted by molar-refractivity contribution is 0.303. The lowest BCUT2D eigenvalue weighted by Gasteiger charge is -2.35. The van der Waals surface area contributed by atoms with Crippen LogP contribution in [0.4, 0.5) is 0 Å². The maximum absolute atomic E-state index is 4.31. The topological polar surface area (TPSA) is 55.6 Å². The standard InChI is InChI=1S/C15H27N5S/c1-3-11-8-9-13(16-2)14(10-11)21-15-17-18-19-20(15)12-6-4-5-7-12/h11-14,16H,3-10H2,1-2H3. The summed E-state index contributed by atoms with van der Waals surface area (Å²) in [5.41, 5.74) is 0. The van der Waals surface area contributed by atoms with Crippen LogP contribution in [0, 0.1) is 5.92 Å². The van der Waals surface area contributed by atoms with Gasteiger partial charge in [0.25, 0.3) is 0 Å². The molecule has 1 heterocycles. The first kappa shape index (κ1) is 15.3. The molecule has 0 bridgehead atoms. The number of aromatic nitrogens is 4. The fourth-order valence-corrected chi connectivity index (χ4v) is 5.27. The van der Waals surface area contributed by atoms with E-state index in [0.717, 1.165) is 11.1 Å². The average molecular weight is 309 g/mol. The molecule has 2 saturated carbocycles. The van der Waals surface area contributed by atoms with Gasteiger partial charge in [0.15, 0.2) is 0 Å². The molecule has 0 amide bonds. The fraction of sp³-hybridized carbons (Fsp3) is 0.933. The molecule has 3 unspecified atom stereocenters. The highest BCUT2D eigenvalue weighted by Crippen LogP contribution is 2.38. The third-order valence-electron chi connectivity index (χ3n) is 5.24. The van der Waals surface area contributed by atoms with Crippen molar-refractivity contribution in [2.75, 3.05) is 7.05 Å². The van der Waals surface area contributed by atoms with Crippen LogP contribution in [-0.4, -0.2) is 38.5 Å². The molecule has 3 rings (SSSR count). The first-order valence-electron chi connectivity index (χ1n) is 8.43. The summed E-state index contributed by atoms with van der Waals surface area (Å²) in [6.45, 7) is 2.31. The second kappa shape index (κ2) is 7.09. The molecule has 0 radical (unpaired) electrons. The summed E-state index contributed by atoms with van der Waals surface area (Å²) in [4.78, 5) is 0. The Hall–Kier alpha value is -0.620. The van der Waals surface area contributed by atoms with Crippen LogP contribution in [-0.2, 0) is 0 Å². The SMILES string of the molecule is CCC1CCC(NC)C(Sc2nnnn2C2CCCC2)C1. The van der Waals surface area contributed by atoms with E-state index in [1.54, 1.807) is 0 Å². The number of hydrogen-bond donors (Lipinski definition) is 1. The van der Waals surface area contributed by atoms with Gasteiger partial charge in [-0.05, 0) is 55.5 Å². The van der Waals surface area contributed by atoms with Gasteiger partial charge in [-0.1, -0.05) is 37.9 Å². The largest absolute Gasteiger partial charge is 0.316 e. The predicted molar refractivity (Wildman–Crippen MR) is 85.4 cm³/mol. The molecule has 2 aliphatic carbocycles. The highest BCUT2D eigenvalue weighted by molar-refractivity contribution is 7.99. The lowest BCUT2D eigenvalue weighted by atomic mass is 9.84. The third kappa shape index (κ3) is 3.42. The number of thioether (sulfide) groups is 1. The zero-order valence-corrected chi connectivity index (χ0v) is 14.0. The van der Waals surface area contributed by atoms with E-state index in [4.69, 9.17) is 0 Å². The Bertz CT molecular complexity index is 443. The average Bonchev–Trinajstić information content (AvgIpc) is 3.17. The summed E-state index contributed by atoms with van der Waals surface area (Å²) in [5, 5.41) is 17.7. The Kier molecular flexibility index (Phi) is 5.16. The van der Waals surface area contributed by atoms with Crippen LogP contribution in [0.2, 0.25) is 0 Å². The summed E-state index contributed by atoms with van der Waals surface area (Å²) < 4.78 is 2.10. The van der Waals surface area contributed by atoms with Crippen LogP contribution in [0.3, 0.4) is 0 Å². The first-order valence-corrected chi connectivity index (χ1v) is 9.31. The minimum absolute atomic E-state index is 0.529. The highest BCUT2D eigenvalue weighted by atomic mass is 32.2. The summed E-state index contributed by atoms with van der Waals surface area (Å²) in [6.07, 6.45) is 10.3. The Morgan fingerprint density at radius 3 is 2.76 bits per heavy atom. The molecule has 0 saturated heterocycles. The normalized spacial score (nSPS) is 30.9. The maximum atomic E-state index is 4.31. The minimum atomic E-state index is 0.529. The van der Waals surface area contributed by atoms with E-state index in [9.17, 15) is 0 Å². The van der Waals surface area contributed by atoms with Crippen molar-refractivity contribution in [3.8, 4) is 0 Å². The summed E-state index contributed by atoms with van der Waals surface area (Å²) >= 11 is 1.90. The molecule has 3 atom stereocenters. The van der Waals surface area contributed by atoms with Crippen molar-refractivity contribution < 1.29 is 0 Å². The van der Waals surface area contributed by atoms with Crippen molar-refractivity contribution in [1.82, 2.24) is 25.5 Å². The van der Waals surface area contributed by atoms with Crippen molar-refractivity contribution >= 4 is 11.8 Å². The minimum Gasteiger partial charge on any atom is -0.316 e. The van der Waals surface area contributed by atoms with Gasteiger partial charge in [-0.15, -0.1) is 5.10 Å². The van der Waals surface area contributed by atoms with Crippen LogP contribution in [0.5, 0.6) is 0 Å². The van der Waals surface area contributed by atoms with E-state index < -0.39 is 0 Å². The van der Waals surface area contributed by atoms with E-state index in [-0.39, 0.29) is 0 Å². The van der Waals surface area contributed by atoms with Gasteiger partial charge in [-0.25, -0.2) is 4.68 Å². The Labute approximate surface area is 131 Å². The molecule has 0 aromatic carbocycles. The molecule has 1 aromatic heterocycles. The molecular weight excluding hydrogens is 282 g/mol. The molecule has 118 valence electrons. The molecule has 21 heavy (non-hydrogen) atoms. The van der Waals surface area contributed by atoms with Crippen LogP contribution in [0.25, 0.3) is 0 Å². The fourth-order valence-electron chi connectivity index (χ4n) is 3.82. The number of tetrazole rings is 1. The van der Waals surface area contributed by atoms with E-state index in [1.165, 1.54) is 51.4 Å². The van der Waals surface area contributed by atoms with Crippen molar-refractivity contribution in [3.05, 3.63) is 0 Å². The monoisotopic (exact) mass is 309 g/mol. The molecule has 2 fully saturated rings. The van der Waals surface area contributed by atoms with Gasteiger partial charge < -0.3 is 5.32 Å². The van der Waals surface area contributed by atoms with Gasteiger partial charge in [0.1, 0.15) is 0 Å². The maximum Gasteiger partial charge on any atom is 0.209 e. The number of nitrogens with zero attached hydrogens (tertiary/aromatic N) is 4. The highest BCUT2D eigenvalue weighted by Gasteiger charge is 2.32. The molecule has 5 nitrogen and oxygen atoms in total. The Morgan fingerprint density at radius 2 is 2.05 bits per heavy atom. The summed E-state index contributed by atoms with van der Waals surface area (Å²) in [5.74, 6) is 0.864. The quantitative estimate of drug-likeness (QED) is 0.906. The molecule has 1 aromatic rings. The van der Waals surface area contributed by atoms with Gasteiger partial charge in [-0.2, -0.15) is 0 Å². The van der Waals surface area contributed by atoms with Crippen LogP contribution < -0.4 is 5.32 Å². The second-order valence-electron chi connectivity index (χ2n) is 6.48. The van der Waals surface area contributed by atoms with Crippen molar-refractivity contribution in [2.24, 2.45) is 5.92 Å². The molecular formula is C15H27N5S. The number of hydrogen-bond acceptors (Lipinski definition) is 5.